The van der Waals surface area contributed by atoms with Gasteiger partial charge in [0.05, 0.1) is 6.54 Å². The molecule has 2 rings (SSSR count). The van der Waals surface area contributed by atoms with Crippen LogP contribution in [0.5, 0.6) is 0 Å². The predicted molar refractivity (Wildman–Crippen MR) is 77.8 cm³/mol. The molecule has 1 saturated carbocycles. The van der Waals surface area contributed by atoms with Crippen molar-refractivity contribution in [2.24, 2.45) is 5.92 Å². The second-order valence-electron chi connectivity index (χ2n) is 5.88. The average molecular weight is 300 g/mol. The highest BCUT2D eigenvalue weighted by Crippen LogP contribution is 2.23. The molecule has 0 bridgehead atoms. The molecule has 1 N–H and O–H groups in total. The first-order valence-electron chi connectivity index (χ1n) is 7.12. The Balaban J connectivity index is 2.08. The molecule has 1 aliphatic rings. The van der Waals surface area contributed by atoms with Crippen LogP contribution in [0, 0.1) is 5.92 Å². The molecule has 0 aromatic carbocycles. The van der Waals surface area contributed by atoms with Crippen molar-refractivity contribution >= 4 is 10.0 Å². The minimum absolute atomic E-state index is 0.0279. The summed E-state index contributed by atoms with van der Waals surface area (Å²) < 4.78 is 31.8. The first-order valence-corrected chi connectivity index (χ1v) is 8.56. The first kappa shape index (κ1) is 15.5. The van der Waals surface area contributed by atoms with Crippen LogP contribution in [0.2, 0.25) is 0 Å². The molecule has 1 atom stereocenters. The van der Waals surface area contributed by atoms with E-state index in [9.17, 15) is 8.42 Å². The summed E-state index contributed by atoms with van der Waals surface area (Å²) in [6.45, 7) is 6.50. The Morgan fingerprint density at radius 3 is 2.55 bits per heavy atom. The number of nitrogens with one attached hydrogen (secondary N) is 1. The zero-order valence-electron chi connectivity index (χ0n) is 12.6. The van der Waals surface area contributed by atoms with Crippen LogP contribution in [0.3, 0.4) is 0 Å². The van der Waals surface area contributed by atoms with Crippen LogP contribution >= 0.6 is 0 Å². The standard InChI is InChI=1S/C14H24N2O3S/c1-10(2)11(3)16(4)20(17,18)14-8-7-13(19-14)9-15-12-5-6-12/h7-8,10-12,15H,5-6,9H2,1-4H3. The summed E-state index contributed by atoms with van der Waals surface area (Å²) in [7, 11) is -1.94. The minimum atomic E-state index is -3.55. The minimum Gasteiger partial charge on any atom is -0.447 e. The Morgan fingerprint density at radius 1 is 1.35 bits per heavy atom. The van der Waals surface area contributed by atoms with Gasteiger partial charge in [0, 0.05) is 19.1 Å². The van der Waals surface area contributed by atoms with Crippen LogP contribution in [-0.2, 0) is 16.6 Å². The molecule has 0 amide bonds. The van der Waals surface area contributed by atoms with Crippen LogP contribution in [0.4, 0.5) is 0 Å². The van der Waals surface area contributed by atoms with E-state index in [2.05, 4.69) is 5.32 Å². The van der Waals surface area contributed by atoms with Gasteiger partial charge >= 0.3 is 0 Å². The number of furan rings is 1. The van der Waals surface area contributed by atoms with Crippen molar-refractivity contribution in [2.45, 2.75) is 57.3 Å². The topological polar surface area (TPSA) is 62.6 Å². The molecule has 1 heterocycles. The van der Waals surface area contributed by atoms with Gasteiger partial charge in [-0.3, -0.25) is 0 Å². The van der Waals surface area contributed by atoms with Crippen molar-refractivity contribution in [1.29, 1.82) is 0 Å². The zero-order chi connectivity index (χ0) is 14.9. The van der Waals surface area contributed by atoms with Gasteiger partial charge in [-0.05, 0) is 37.8 Å². The van der Waals surface area contributed by atoms with Gasteiger partial charge in [0.25, 0.3) is 10.0 Å². The highest BCUT2D eigenvalue weighted by molar-refractivity contribution is 7.89. The van der Waals surface area contributed by atoms with E-state index in [1.54, 1.807) is 19.2 Å². The number of sulfonamides is 1. The van der Waals surface area contributed by atoms with Crippen molar-refractivity contribution in [3.63, 3.8) is 0 Å². The molecule has 1 aromatic rings. The van der Waals surface area contributed by atoms with Gasteiger partial charge in [-0.2, -0.15) is 4.31 Å². The zero-order valence-corrected chi connectivity index (χ0v) is 13.4. The van der Waals surface area contributed by atoms with E-state index in [1.807, 2.05) is 20.8 Å². The molecule has 0 saturated heterocycles. The van der Waals surface area contributed by atoms with Crippen LogP contribution in [0.25, 0.3) is 0 Å². The molecule has 1 fully saturated rings. The molecular weight excluding hydrogens is 276 g/mol. The maximum absolute atomic E-state index is 12.5. The van der Waals surface area contributed by atoms with Crippen LogP contribution in [-0.4, -0.2) is 31.9 Å². The van der Waals surface area contributed by atoms with E-state index in [0.29, 0.717) is 18.3 Å². The molecule has 1 aromatic heterocycles. The van der Waals surface area contributed by atoms with E-state index < -0.39 is 10.0 Å². The van der Waals surface area contributed by atoms with E-state index in [1.165, 1.54) is 17.1 Å². The van der Waals surface area contributed by atoms with Crippen LogP contribution in [0.15, 0.2) is 21.6 Å². The number of hydrogen-bond donors (Lipinski definition) is 1. The third kappa shape index (κ3) is 3.42. The van der Waals surface area contributed by atoms with E-state index >= 15 is 0 Å². The molecule has 6 heteroatoms. The summed E-state index contributed by atoms with van der Waals surface area (Å²) in [6, 6.07) is 3.78. The summed E-state index contributed by atoms with van der Waals surface area (Å²) in [5.41, 5.74) is 0. The quantitative estimate of drug-likeness (QED) is 0.838. The lowest BCUT2D eigenvalue weighted by Gasteiger charge is -2.26. The fraction of sp³-hybridized carbons (Fsp3) is 0.714. The summed E-state index contributed by atoms with van der Waals surface area (Å²) in [5.74, 6) is 0.918. The van der Waals surface area contributed by atoms with Crippen molar-refractivity contribution in [3.05, 3.63) is 17.9 Å². The van der Waals surface area contributed by atoms with Gasteiger partial charge in [0.1, 0.15) is 5.76 Å². The molecule has 0 aliphatic heterocycles. The SMILES string of the molecule is CC(C)C(C)N(C)S(=O)(=O)c1ccc(CNC2CC2)o1. The van der Waals surface area contributed by atoms with Crippen molar-refractivity contribution in [2.75, 3.05) is 7.05 Å². The average Bonchev–Trinajstić information content (AvgIpc) is 3.10. The molecule has 20 heavy (non-hydrogen) atoms. The third-order valence-electron chi connectivity index (χ3n) is 3.95. The smallest absolute Gasteiger partial charge is 0.276 e. The lowest BCUT2D eigenvalue weighted by atomic mass is 10.1. The maximum Gasteiger partial charge on any atom is 0.276 e. The molecule has 5 nitrogen and oxygen atoms in total. The monoisotopic (exact) mass is 300 g/mol. The molecule has 0 radical (unpaired) electrons. The van der Waals surface area contributed by atoms with Gasteiger partial charge in [-0.25, -0.2) is 8.42 Å². The van der Waals surface area contributed by atoms with Gasteiger partial charge in [-0.15, -0.1) is 0 Å². The lowest BCUT2D eigenvalue weighted by Crippen LogP contribution is -2.38. The molecular formula is C14H24N2O3S. The van der Waals surface area contributed by atoms with Crippen molar-refractivity contribution in [3.8, 4) is 0 Å². The van der Waals surface area contributed by atoms with Crippen LogP contribution in [0.1, 0.15) is 39.4 Å². The fourth-order valence-corrected chi connectivity index (χ4v) is 3.32. The predicted octanol–water partition coefficient (Wildman–Crippen LogP) is 2.20. The Bertz CT molecular complexity index is 547. The van der Waals surface area contributed by atoms with Gasteiger partial charge in [-0.1, -0.05) is 13.8 Å². The Hall–Kier alpha value is -0.850. The highest BCUT2D eigenvalue weighted by atomic mass is 32.2. The summed E-state index contributed by atoms with van der Waals surface area (Å²) >= 11 is 0. The van der Waals surface area contributed by atoms with Gasteiger partial charge < -0.3 is 9.73 Å². The Labute approximate surface area is 121 Å². The number of hydrogen-bond acceptors (Lipinski definition) is 4. The van der Waals surface area contributed by atoms with Crippen molar-refractivity contribution in [1.82, 2.24) is 9.62 Å². The molecule has 1 aliphatic carbocycles. The second-order valence-corrected chi connectivity index (χ2v) is 7.81. The molecule has 1 unspecified atom stereocenters. The largest absolute Gasteiger partial charge is 0.447 e. The lowest BCUT2D eigenvalue weighted by molar-refractivity contribution is 0.303. The normalized spacial score (nSPS) is 17.9. The highest BCUT2D eigenvalue weighted by Gasteiger charge is 2.30. The van der Waals surface area contributed by atoms with E-state index in [-0.39, 0.29) is 17.1 Å². The third-order valence-corrected chi connectivity index (χ3v) is 5.77. The van der Waals surface area contributed by atoms with Gasteiger partial charge in [0.2, 0.25) is 5.09 Å². The Morgan fingerprint density at radius 2 is 2.00 bits per heavy atom. The summed E-state index contributed by atoms with van der Waals surface area (Å²) in [5, 5.41) is 3.33. The summed E-state index contributed by atoms with van der Waals surface area (Å²) in [6.07, 6.45) is 2.39. The van der Waals surface area contributed by atoms with Gasteiger partial charge in [0.15, 0.2) is 0 Å². The van der Waals surface area contributed by atoms with Crippen LogP contribution < -0.4 is 5.32 Å². The molecule has 114 valence electrons. The van der Waals surface area contributed by atoms with Crippen molar-refractivity contribution < 1.29 is 12.8 Å². The first-order chi connectivity index (χ1) is 9.32. The van der Waals surface area contributed by atoms with E-state index in [4.69, 9.17) is 4.42 Å². The Kier molecular flexibility index (Phi) is 4.56. The fourth-order valence-electron chi connectivity index (χ4n) is 1.90. The summed E-state index contributed by atoms with van der Waals surface area (Å²) in [4.78, 5) is 0. The van der Waals surface area contributed by atoms with E-state index in [0.717, 1.165) is 0 Å². The number of nitrogens with zero attached hydrogens (tertiary/aromatic N) is 1. The number of rotatable bonds is 7. The second kappa shape index (κ2) is 5.87. The maximum atomic E-state index is 12.5. The molecule has 0 spiro atoms.